The van der Waals surface area contributed by atoms with Gasteiger partial charge in [0.25, 0.3) is 5.91 Å². The minimum absolute atomic E-state index is 0.0245. The smallest absolute Gasteiger partial charge is 0.318 e. The van der Waals surface area contributed by atoms with Crippen LogP contribution in [0.5, 0.6) is 0 Å². The summed E-state index contributed by atoms with van der Waals surface area (Å²) in [5.74, 6) is -0.194. The highest BCUT2D eigenvalue weighted by atomic mass is 16.3. The summed E-state index contributed by atoms with van der Waals surface area (Å²) in [6.45, 7) is 4.11. The van der Waals surface area contributed by atoms with E-state index < -0.39 is 0 Å². The molecule has 1 aliphatic heterocycles. The number of hydrogen-bond acceptors (Lipinski definition) is 5. The Labute approximate surface area is 217 Å². The Bertz CT molecular complexity index is 1290. The van der Waals surface area contributed by atoms with Gasteiger partial charge in [-0.05, 0) is 68.9 Å². The van der Waals surface area contributed by atoms with Crippen LogP contribution >= 0.6 is 0 Å². The van der Waals surface area contributed by atoms with E-state index in [9.17, 15) is 14.7 Å². The van der Waals surface area contributed by atoms with Crippen LogP contribution in [0.15, 0.2) is 54.9 Å². The average Bonchev–Trinajstić information content (AvgIpc) is 3.24. The summed E-state index contributed by atoms with van der Waals surface area (Å²) in [5, 5.41) is 16.0. The number of carbonyl (C=O) groups is 2. The Morgan fingerprint density at radius 3 is 2.57 bits per heavy atom. The lowest BCUT2D eigenvalue weighted by Crippen LogP contribution is -2.42. The summed E-state index contributed by atoms with van der Waals surface area (Å²) in [7, 11) is 0. The normalized spacial score (nSPS) is 16.9. The van der Waals surface area contributed by atoms with E-state index >= 15 is 0 Å². The van der Waals surface area contributed by atoms with E-state index in [0.29, 0.717) is 24.4 Å². The largest absolute Gasteiger partial charge is 0.396 e. The van der Waals surface area contributed by atoms with Crippen molar-refractivity contribution in [2.45, 2.75) is 64.2 Å². The van der Waals surface area contributed by atoms with Crippen molar-refractivity contribution in [2.75, 3.05) is 6.61 Å². The van der Waals surface area contributed by atoms with E-state index in [-0.39, 0.29) is 36.7 Å². The molecule has 37 heavy (non-hydrogen) atoms. The van der Waals surface area contributed by atoms with Crippen LogP contribution in [0.1, 0.15) is 67.2 Å². The number of fused-ring (bicyclic) bond motifs is 1. The predicted molar refractivity (Wildman–Crippen MR) is 142 cm³/mol. The summed E-state index contributed by atoms with van der Waals surface area (Å²) in [5.41, 5.74) is 5.59. The Morgan fingerprint density at radius 1 is 1.11 bits per heavy atom. The third-order valence-corrected chi connectivity index (χ3v) is 7.07. The third kappa shape index (κ3) is 5.20. The van der Waals surface area contributed by atoms with Crippen LogP contribution in [0.25, 0.3) is 22.4 Å². The SMILES string of the molecule is CC(C)NC(=O)N1Cc2cc(C(=O)NC3CCC3)nc(-c3cccc(-c4cccnc4)c3)c2[C@H]1CCO. The molecule has 5 rings (SSSR count). The van der Waals surface area contributed by atoms with Gasteiger partial charge in [-0.1, -0.05) is 24.3 Å². The molecule has 1 aliphatic carbocycles. The number of aliphatic hydroxyl groups excluding tert-OH is 1. The number of aromatic nitrogens is 2. The first-order chi connectivity index (χ1) is 17.9. The molecule has 0 spiro atoms. The van der Waals surface area contributed by atoms with Crippen LogP contribution in [0.3, 0.4) is 0 Å². The maximum atomic E-state index is 13.2. The number of rotatable bonds is 7. The number of nitrogens with zero attached hydrogens (tertiary/aromatic N) is 3. The number of amides is 3. The van der Waals surface area contributed by atoms with Crippen LogP contribution in [0.2, 0.25) is 0 Å². The summed E-state index contributed by atoms with van der Waals surface area (Å²) >= 11 is 0. The highest BCUT2D eigenvalue weighted by Crippen LogP contribution is 2.42. The monoisotopic (exact) mass is 499 g/mol. The van der Waals surface area contributed by atoms with E-state index in [0.717, 1.165) is 47.1 Å². The molecule has 3 aromatic rings. The fourth-order valence-corrected chi connectivity index (χ4v) is 5.05. The second-order valence-electron chi connectivity index (χ2n) is 10.1. The molecule has 1 atom stereocenters. The van der Waals surface area contributed by atoms with Gasteiger partial charge in [0, 0.05) is 54.3 Å². The van der Waals surface area contributed by atoms with Gasteiger partial charge in [0.05, 0.1) is 11.7 Å². The van der Waals surface area contributed by atoms with Gasteiger partial charge in [-0.15, -0.1) is 0 Å². The zero-order chi connectivity index (χ0) is 25.9. The zero-order valence-electron chi connectivity index (χ0n) is 21.3. The van der Waals surface area contributed by atoms with Crippen molar-refractivity contribution < 1.29 is 14.7 Å². The number of hydrogen-bond donors (Lipinski definition) is 3. The number of aliphatic hydroxyl groups is 1. The first-order valence-electron chi connectivity index (χ1n) is 13.0. The van der Waals surface area contributed by atoms with Gasteiger partial charge in [-0.25, -0.2) is 9.78 Å². The Morgan fingerprint density at radius 2 is 1.89 bits per heavy atom. The zero-order valence-corrected chi connectivity index (χ0v) is 21.3. The molecular weight excluding hydrogens is 466 g/mol. The van der Waals surface area contributed by atoms with E-state index in [1.54, 1.807) is 11.1 Å². The molecular formula is C29H33N5O3. The molecule has 2 aliphatic rings. The molecule has 0 unspecified atom stereocenters. The highest BCUT2D eigenvalue weighted by Gasteiger charge is 2.37. The Kier molecular flexibility index (Phi) is 7.19. The topological polar surface area (TPSA) is 107 Å². The summed E-state index contributed by atoms with van der Waals surface area (Å²) in [4.78, 5) is 37.2. The molecule has 2 aromatic heterocycles. The molecule has 0 radical (unpaired) electrons. The summed E-state index contributed by atoms with van der Waals surface area (Å²) in [6, 6.07) is 13.3. The number of benzene rings is 1. The van der Waals surface area contributed by atoms with Crippen molar-refractivity contribution in [3.8, 4) is 22.4 Å². The molecule has 1 fully saturated rings. The fraction of sp³-hybridized carbons (Fsp3) is 0.379. The highest BCUT2D eigenvalue weighted by molar-refractivity contribution is 5.94. The molecule has 192 valence electrons. The van der Waals surface area contributed by atoms with Crippen molar-refractivity contribution in [3.05, 3.63) is 71.7 Å². The van der Waals surface area contributed by atoms with Crippen molar-refractivity contribution in [1.29, 1.82) is 0 Å². The molecule has 3 amide bonds. The van der Waals surface area contributed by atoms with E-state index in [4.69, 9.17) is 4.98 Å². The molecule has 0 bridgehead atoms. The molecule has 8 heteroatoms. The number of carbonyl (C=O) groups excluding carboxylic acids is 2. The van der Waals surface area contributed by atoms with E-state index in [1.807, 2.05) is 62.5 Å². The van der Waals surface area contributed by atoms with Gasteiger partial charge in [-0.3, -0.25) is 9.78 Å². The van der Waals surface area contributed by atoms with Gasteiger partial charge in [-0.2, -0.15) is 0 Å². The first-order valence-corrected chi connectivity index (χ1v) is 13.0. The molecule has 1 saturated carbocycles. The van der Waals surface area contributed by atoms with Crippen LogP contribution in [-0.2, 0) is 6.54 Å². The Hall–Kier alpha value is -3.78. The van der Waals surface area contributed by atoms with Crippen LogP contribution in [0, 0.1) is 0 Å². The first kappa shape index (κ1) is 24.9. The van der Waals surface area contributed by atoms with Gasteiger partial charge >= 0.3 is 6.03 Å². The predicted octanol–water partition coefficient (Wildman–Crippen LogP) is 4.45. The third-order valence-electron chi connectivity index (χ3n) is 7.07. The van der Waals surface area contributed by atoms with Crippen LogP contribution < -0.4 is 10.6 Å². The Balaban J connectivity index is 1.61. The van der Waals surface area contributed by atoms with Crippen molar-refractivity contribution in [3.63, 3.8) is 0 Å². The second-order valence-corrected chi connectivity index (χ2v) is 10.1. The van der Waals surface area contributed by atoms with Gasteiger partial charge in [0.2, 0.25) is 0 Å². The van der Waals surface area contributed by atoms with Crippen LogP contribution in [-0.4, -0.2) is 50.6 Å². The lowest BCUT2D eigenvalue weighted by atomic mass is 9.92. The van der Waals surface area contributed by atoms with E-state index in [1.165, 1.54) is 0 Å². The standard InChI is InChI=1S/C29H33N5O3/c1-18(2)31-29(37)34-17-22-15-24(28(36)32-23-9-4-10-23)33-27(26(22)25(34)11-13-35)20-7-3-6-19(14-20)21-8-5-12-30-16-21/h3,5-8,12,14-16,18,23,25,35H,4,9-11,13,17H2,1-2H3,(H,31,37)(H,32,36)/t25-/m1/s1. The van der Waals surface area contributed by atoms with Gasteiger partial charge in [0.15, 0.2) is 0 Å². The van der Waals surface area contributed by atoms with Crippen molar-refractivity contribution >= 4 is 11.9 Å². The van der Waals surface area contributed by atoms with Gasteiger partial charge < -0.3 is 20.6 Å². The van der Waals surface area contributed by atoms with Gasteiger partial charge in [0.1, 0.15) is 5.69 Å². The summed E-state index contributed by atoms with van der Waals surface area (Å²) < 4.78 is 0. The number of nitrogens with one attached hydrogen (secondary N) is 2. The quantitative estimate of drug-likeness (QED) is 0.445. The molecule has 1 aromatic carbocycles. The minimum Gasteiger partial charge on any atom is -0.396 e. The number of pyridine rings is 2. The van der Waals surface area contributed by atoms with Crippen LogP contribution in [0.4, 0.5) is 4.79 Å². The lowest BCUT2D eigenvalue weighted by Gasteiger charge is -2.27. The fourth-order valence-electron chi connectivity index (χ4n) is 5.05. The molecule has 3 heterocycles. The molecule has 0 saturated heterocycles. The lowest BCUT2D eigenvalue weighted by molar-refractivity contribution is 0.0911. The van der Waals surface area contributed by atoms with E-state index in [2.05, 4.69) is 15.6 Å². The maximum absolute atomic E-state index is 13.2. The van der Waals surface area contributed by atoms with Crippen molar-refractivity contribution in [1.82, 2.24) is 25.5 Å². The number of urea groups is 1. The maximum Gasteiger partial charge on any atom is 0.318 e. The van der Waals surface area contributed by atoms with Crippen molar-refractivity contribution in [2.24, 2.45) is 0 Å². The average molecular weight is 500 g/mol. The summed E-state index contributed by atoms with van der Waals surface area (Å²) in [6.07, 6.45) is 7.02. The molecule has 3 N–H and O–H groups in total. The molecule has 8 nitrogen and oxygen atoms in total. The second kappa shape index (κ2) is 10.7. The minimum atomic E-state index is -0.355.